The standard InChI is InChI=1S/C13H16ClNO3/c1-9(14)8-15-13(16)10(2)18-12-6-4-11(17-3)5-7-12/h4-7,10H,1,8H2,2-3H3,(H,15,16). The zero-order valence-corrected chi connectivity index (χ0v) is 11.2. The SMILES string of the molecule is C=C(Cl)CNC(=O)C(C)Oc1ccc(OC)cc1. The summed E-state index contributed by atoms with van der Waals surface area (Å²) in [6.07, 6.45) is -0.602. The first-order valence-corrected chi connectivity index (χ1v) is 5.82. The second-order valence-corrected chi connectivity index (χ2v) is 4.21. The molecule has 0 spiro atoms. The molecule has 98 valence electrons. The molecule has 1 amide bonds. The van der Waals surface area contributed by atoms with E-state index in [2.05, 4.69) is 11.9 Å². The number of hydrogen-bond acceptors (Lipinski definition) is 3. The lowest BCUT2D eigenvalue weighted by Gasteiger charge is -2.14. The average molecular weight is 270 g/mol. The lowest BCUT2D eigenvalue weighted by molar-refractivity contribution is -0.127. The highest BCUT2D eigenvalue weighted by Gasteiger charge is 2.14. The molecule has 1 unspecified atom stereocenters. The zero-order chi connectivity index (χ0) is 13.5. The molecule has 5 heteroatoms. The number of hydrogen-bond donors (Lipinski definition) is 1. The largest absolute Gasteiger partial charge is 0.497 e. The van der Waals surface area contributed by atoms with Gasteiger partial charge in [0, 0.05) is 5.03 Å². The molecule has 0 aliphatic carbocycles. The summed E-state index contributed by atoms with van der Waals surface area (Å²) in [5.41, 5.74) is 0. The normalized spacial score (nSPS) is 11.5. The number of rotatable bonds is 6. The van der Waals surface area contributed by atoms with Crippen LogP contribution in [-0.2, 0) is 4.79 Å². The fourth-order valence-electron chi connectivity index (χ4n) is 1.24. The van der Waals surface area contributed by atoms with Crippen molar-refractivity contribution >= 4 is 17.5 Å². The molecular weight excluding hydrogens is 254 g/mol. The van der Waals surface area contributed by atoms with Crippen LogP contribution < -0.4 is 14.8 Å². The predicted octanol–water partition coefficient (Wildman–Crippen LogP) is 2.33. The predicted molar refractivity (Wildman–Crippen MR) is 71.1 cm³/mol. The number of nitrogens with one attached hydrogen (secondary N) is 1. The molecule has 1 atom stereocenters. The van der Waals surface area contributed by atoms with Gasteiger partial charge in [0.05, 0.1) is 13.7 Å². The molecule has 0 bridgehead atoms. The number of benzene rings is 1. The minimum atomic E-state index is -0.602. The van der Waals surface area contributed by atoms with Crippen LogP contribution in [0.1, 0.15) is 6.92 Å². The van der Waals surface area contributed by atoms with Gasteiger partial charge in [0.1, 0.15) is 11.5 Å². The second-order valence-electron chi connectivity index (χ2n) is 3.67. The average Bonchev–Trinajstić information content (AvgIpc) is 2.36. The molecule has 1 N–H and O–H groups in total. The van der Waals surface area contributed by atoms with Crippen molar-refractivity contribution in [2.24, 2.45) is 0 Å². The Hall–Kier alpha value is -1.68. The lowest BCUT2D eigenvalue weighted by Crippen LogP contribution is -2.36. The summed E-state index contributed by atoms with van der Waals surface area (Å²) in [4.78, 5) is 11.6. The second kappa shape index (κ2) is 6.91. The van der Waals surface area contributed by atoms with Crippen molar-refractivity contribution in [1.29, 1.82) is 0 Å². The highest BCUT2D eigenvalue weighted by atomic mass is 35.5. The fourth-order valence-corrected chi connectivity index (χ4v) is 1.31. The van der Waals surface area contributed by atoms with Crippen LogP contribution in [0.15, 0.2) is 35.9 Å². The molecule has 0 radical (unpaired) electrons. The van der Waals surface area contributed by atoms with Crippen molar-refractivity contribution in [3.05, 3.63) is 35.9 Å². The van der Waals surface area contributed by atoms with Crippen LogP contribution in [0, 0.1) is 0 Å². The first-order valence-electron chi connectivity index (χ1n) is 5.44. The van der Waals surface area contributed by atoms with Gasteiger partial charge in [-0.05, 0) is 31.2 Å². The smallest absolute Gasteiger partial charge is 0.261 e. The monoisotopic (exact) mass is 269 g/mol. The molecule has 4 nitrogen and oxygen atoms in total. The van der Waals surface area contributed by atoms with E-state index in [0.717, 1.165) is 5.75 Å². The Morgan fingerprint density at radius 3 is 2.44 bits per heavy atom. The van der Waals surface area contributed by atoms with Crippen LogP contribution in [0.2, 0.25) is 0 Å². The fraction of sp³-hybridized carbons (Fsp3) is 0.308. The van der Waals surface area contributed by atoms with E-state index in [1.54, 1.807) is 38.3 Å². The molecule has 18 heavy (non-hydrogen) atoms. The summed E-state index contributed by atoms with van der Waals surface area (Å²) in [7, 11) is 1.59. The minimum absolute atomic E-state index is 0.233. The first kappa shape index (κ1) is 14.4. The van der Waals surface area contributed by atoms with Gasteiger partial charge < -0.3 is 14.8 Å². The van der Waals surface area contributed by atoms with E-state index in [4.69, 9.17) is 21.1 Å². The summed E-state index contributed by atoms with van der Waals surface area (Å²) in [5, 5.41) is 2.98. The molecular formula is C13H16ClNO3. The molecule has 1 rings (SSSR count). The van der Waals surface area contributed by atoms with E-state index in [0.29, 0.717) is 10.8 Å². The van der Waals surface area contributed by atoms with Gasteiger partial charge in [-0.2, -0.15) is 0 Å². The van der Waals surface area contributed by atoms with Gasteiger partial charge in [0.25, 0.3) is 5.91 Å². The van der Waals surface area contributed by atoms with Crippen LogP contribution in [0.5, 0.6) is 11.5 Å². The minimum Gasteiger partial charge on any atom is -0.497 e. The van der Waals surface area contributed by atoms with Gasteiger partial charge in [-0.1, -0.05) is 18.2 Å². The maximum absolute atomic E-state index is 11.6. The summed E-state index contributed by atoms with van der Waals surface area (Å²) in [5.74, 6) is 1.09. The van der Waals surface area contributed by atoms with Crippen LogP contribution in [-0.4, -0.2) is 25.7 Å². The third kappa shape index (κ3) is 4.67. The number of ether oxygens (including phenoxy) is 2. The summed E-state index contributed by atoms with van der Waals surface area (Å²) in [6, 6.07) is 7.01. The number of halogens is 1. The summed E-state index contributed by atoms with van der Waals surface area (Å²) < 4.78 is 10.5. The van der Waals surface area contributed by atoms with Crippen LogP contribution in [0.3, 0.4) is 0 Å². The number of methoxy groups -OCH3 is 1. The quantitative estimate of drug-likeness (QED) is 0.862. The molecule has 0 aromatic heterocycles. The van der Waals surface area contributed by atoms with Crippen LogP contribution in [0.4, 0.5) is 0 Å². The third-order valence-corrected chi connectivity index (χ3v) is 2.33. The number of carbonyl (C=O) groups excluding carboxylic acids is 1. The molecule has 0 fully saturated rings. The van der Waals surface area contributed by atoms with E-state index in [9.17, 15) is 4.79 Å². The molecule has 0 aliphatic rings. The summed E-state index contributed by atoms with van der Waals surface area (Å²) >= 11 is 5.56. The van der Waals surface area contributed by atoms with Crippen LogP contribution >= 0.6 is 11.6 Å². The van der Waals surface area contributed by atoms with Crippen molar-refractivity contribution in [2.45, 2.75) is 13.0 Å². The van der Waals surface area contributed by atoms with Gasteiger partial charge >= 0.3 is 0 Å². The van der Waals surface area contributed by atoms with E-state index in [1.807, 2.05) is 0 Å². The van der Waals surface area contributed by atoms with Crippen molar-refractivity contribution in [3.63, 3.8) is 0 Å². The summed E-state index contributed by atoms with van der Waals surface area (Å²) in [6.45, 7) is 5.38. The maximum atomic E-state index is 11.6. The number of amides is 1. The topological polar surface area (TPSA) is 47.6 Å². The van der Waals surface area contributed by atoms with Gasteiger partial charge in [0.15, 0.2) is 6.10 Å². The Labute approximate surface area is 112 Å². The van der Waals surface area contributed by atoms with Gasteiger partial charge in [-0.15, -0.1) is 0 Å². The molecule has 0 saturated heterocycles. The van der Waals surface area contributed by atoms with Crippen molar-refractivity contribution in [3.8, 4) is 11.5 Å². The Morgan fingerprint density at radius 1 is 1.39 bits per heavy atom. The van der Waals surface area contributed by atoms with Crippen molar-refractivity contribution < 1.29 is 14.3 Å². The van der Waals surface area contributed by atoms with E-state index < -0.39 is 6.10 Å². The highest BCUT2D eigenvalue weighted by Crippen LogP contribution is 2.18. The Balaban J connectivity index is 2.49. The van der Waals surface area contributed by atoms with Crippen molar-refractivity contribution in [2.75, 3.05) is 13.7 Å². The first-order chi connectivity index (χ1) is 8.52. The van der Waals surface area contributed by atoms with E-state index >= 15 is 0 Å². The molecule has 1 aromatic rings. The third-order valence-electron chi connectivity index (χ3n) is 2.20. The molecule has 0 heterocycles. The van der Waals surface area contributed by atoms with E-state index in [-0.39, 0.29) is 12.5 Å². The maximum Gasteiger partial charge on any atom is 0.261 e. The Morgan fingerprint density at radius 2 is 1.94 bits per heavy atom. The zero-order valence-electron chi connectivity index (χ0n) is 10.4. The molecule has 0 aliphatic heterocycles. The van der Waals surface area contributed by atoms with Gasteiger partial charge in [-0.25, -0.2) is 0 Å². The van der Waals surface area contributed by atoms with E-state index in [1.165, 1.54) is 0 Å². The van der Waals surface area contributed by atoms with Gasteiger partial charge in [-0.3, -0.25) is 4.79 Å². The Kier molecular flexibility index (Phi) is 5.52. The molecule has 0 saturated carbocycles. The molecule has 1 aromatic carbocycles. The highest BCUT2D eigenvalue weighted by molar-refractivity contribution is 6.29. The van der Waals surface area contributed by atoms with Crippen molar-refractivity contribution in [1.82, 2.24) is 5.32 Å². The van der Waals surface area contributed by atoms with Crippen LogP contribution in [0.25, 0.3) is 0 Å². The Bertz CT molecular complexity index is 417. The lowest BCUT2D eigenvalue weighted by atomic mass is 10.3. The number of carbonyl (C=O) groups is 1. The van der Waals surface area contributed by atoms with Gasteiger partial charge in [0.2, 0.25) is 0 Å².